The molecule has 198 valence electrons. The summed E-state index contributed by atoms with van der Waals surface area (Å²) in [6.07, 6.45) is 7.30. The highest BCUT2D eigenvalue weighted by atomic mass is 16.6. The number of allylic oxidation sites excluding steroid dienone is 1. The van der Waals surface area contributed by atoms with Gasteiger partial charge in [-0.25, -0.2) is 9.28 Å². The number of aliphatic imine (C=N–C) groups is 2. The zero-order valence-corrected chi connectivity index (χ0v) is 22.1. The fourth-order valence-corrected chi connectivity index (χ4v) is 5.44. The molecule has 1 N–H and O–H groups in total. The molecule has 1 atom stereocenters. The topological polar surface area (TPSA) is 88.0 Å². The van der Waals surface area contributed by atoms with E-state index in [2.05, 4.69) is 33.4 Å². The van der Waals surface area contributed by atoms with E-state index in [0.29, 0.717) is 22.0 Å². The summed E-state index contributed by atoms with van der Waals surface area (Å²) in [4.78, 5) is 26.8. The van der Waals surface area contributed by atoms with Crippen LogP contribution in [0.1, 0.15) is 32.3 Å². The number of methoxy groups -OCH3 is 1. The Morgan fingerprint density at radius 1 is 1.19 bits per heavy atom. The molecule has 0 aromatic heterocycles. The van der Waals surface area contributed by atoms with Crippen molar-refractivity contribution in [3.05, 3.63) is 47.7 Å². The highest BCUT2D eigenvalue weighted by Gasteiger charge is 2.45. The van der Waals surface area contributed by atoms with Gasteiger partial charge in [-0.2, -0.15) is 4.99 Å². The minimum absolute atomic E-state index is 0.211. The predicted molar refractivity (Wildman–Crippen MR) is 143 cm³/mol. The van der Waals surface area contributed by atoms with Crippen molar-refractivity contribution in [2.75, 3.05) is 58.9 Å². The first kappa shape index (κ1) is 25.4. The van der Waals surface area contributed by atoms with E-state index in [1.165, 1.54) is 0 Å². The molecule has 37 heavy (non-hydrogen) atoms. The lowest BCUT2D eigenvalue weighted by Gasteiger charge is -2.40. The molecule has 5 rings (SSSR count). The minimum atomic E-state index is -0.514. The van der Waals surface area contributed by atoms with Crippen molar-refractivity contribution in [1.82, 2.24) is 9.80 Å². The van der Waals surface area contributed by atoms with Crippen LogP contribution in [0.5, 0.6) is 5.75 Å². The number of benzene rings is 1. The summed E-state index contributed by atoms with van der Waals surface area (Å²) in [5, 5.41) is 2.77. The van der Waals surface area contributed by atoms with Crippen LogP contribution in [0, 0.1) is 0 Å². The largest absolute Gasteiger partial charge is 0.495 e. The molecule has 4 aliphatic rings. The minimum Gasteiger partial charge on any atom is -0.495 e. The second-order valence-corrected chi connectivity index (χ2v) is 10.2. The monoisotopic (exact) mass is 509 g/mol. The number of amides is 1. The molecule has 0 spiro atoms. The number of carbonyl (C=O) groups excluding carboxylic acids is 1. The third-order valence-corrected chi connectivity index (χ3v) is 7.39. The van der Waals surface area contributed by atoms with E-state index < -0.39 is 6.09 Å². The molecule has 1 amide bonds. The van der Waals surface area contributed by atoms with Gasteiger partial charge in [0.05, 0.1) is 57.1 Å². The smallest absolute Gasteiger partial charge is 0.411 e. The Morgan fingerprint density at radius 2 is 1.95 bits per heavy atom. The van der Waals surface area contributed by atoms with Crippen LogP contribution in [0.25, 0.3) is 0 Å². The number of likely N-dealkylation sites (tertiary alicyclic amines) is 1. The van der Waals surface area contributed by atoms with Crippen molar-refractivity contribution in [2.45, 2.75) is 38.8 Å². The molecular weight excluding hydrogens is 472 g/mol. The number of anilines is 1. The first-order valence-electron chi connectivity index (χ1n) is 13.0. The number of hydrogen-bond donors (Lipinski definition) is 1. The Bertz CT molecular complexity index is 1150. The number of ether oxygens (including phenoxy) is 3. The normalized spacial score (nSPS) is 24.4. The molecule has 4 heterocycles. The van der Waals surface area contributed by atoms with Crippen LogP contribution >= 0.6 is 0 Å². The Labute approximate surface area is 218 Å². The predicted octanol–water partition coefficient (Wildman–Crippen LogP) is 3.38. The molecule has 0 radical (unpaired) electrons. The molecule has 10 heteroatoms. The molecule has 10 nitrogen and oxygen atoms in total. The number of rotatable bonds is 6. The van der Waals surface area contributed by atoms with Crippen LogP contribution in [-0.4, -0.2) is 98.1 Å². The number of piperidine rings is 1. The number of nitrogens with zero attached hydrogens (tertiary/aromatic N) is 5. The van der Waals surface area contributed by atoms with Gasteiger partial charge in [0.1, 0.15) is 11.9 Å². The van der Waals surface area contributed by atoms with E-state index in [4.69, 9.17) is 19.2 Å². The SMILES string of the molecule is COc1cc(C2=NC(N3CCC(N4CCOCC4)CC3)=C3C=NC=C[N+]23C)ccc1NC(=O)OC(C)C. The molecule has 0 aliphatic carbocycles. The molecular formula is C27H37N6O4+. The van der Waals surface area contributed by atoms with Crippen molar-refractivity contribution >= 4 is 23.8 Å². The maximum atomic E-state index is 12.2. The lowest BCUT2D eigenvalue weighted by molar-refractivity contribution is -0.713. The van der Waals surface area contributed by atoms with Gasteiger partial charge in [-0.05, 0) is 44.9 Å². The summed E-state index contributed by atoms with van der Waals surface area (Å²) in [7, 11) is 3.72. The van der Waals surface area contributed by atoms with E-state index in [-0.39, 0.29) is 6.10 Å². The van der Waals surface area contributed by atoms with E-state index in [1.807, 2.05) is 44.5 Å². The van der Waals surface area contributed by atoms with Crippen LogP contribution in [-0.2, 0) is 9.47 Å². The van der Waals surface area contributed by atoms with Crippen molar-refractivity contribution in [1.29, 1.82) is 0 Å². The standard InChI is InChI=1S/C27H36N6O4/c1-19(2)37-27(34)29-22-6-5-20(17-24(22)35-4)26-30-25(23-18-28-9-14-33(23,26)3)32-10-7-21(8-11-32)31-12-15-36-16-13-31/h5-6,9,14,17-19,21H,7-8,10-13,15-16H2,1-4H3/p+1. The second kappa shape index (κ2) is 10.6. The summed E-state index contributed by atoms with van der Waals surface area (Å²) in [5.41, 5.74) is 2.52. The van der Waals surface area contributed by atoms with Gasteiger partial charge in [-0.15, -0.1) is 0 Å². The fraction of sp³-hybridized carbons (Fsp3) is 0.519. The van der Waals surface area contributed by atoms with Gasteiger partial charge >= 0.3 is 6.09 Å². The molecule has 2 saturated heterocycles. The van der Waals surface area contributed by atoms with Crippen molar-refractivity contribution in [3.63, 3.8) is 0 Å². The van der Waals surface area contributed by atoms with Crippen LogP contribution in [0.3, 0.4) is 0 Å². The second-order valence-electron chi connectivity index (χ2n) is 10.2. The zero-order chi connectivity index (χ0) is 26.0. The van der Waals surface area contributed by atoms with E-state index >= 15 is 0 Å². The average Bonchev–Trinajstić information content (AvgIpc) is 3.22. The van der Waals surface area contributed by atoms with E-state index in [1.54, 1.807) is 7.11 Å². The molecule has 2 fully saturated rings. The van der Waals surface area contributed by atoms with Gasteiger partial charge in [-0.3, -0.25) is 15.2 Å². The summed E-state index contributed by atoms with van der Waals surface area (Å²) >= 11 is 0. The zero-order valence-electron chi connectivity index (χ0n) is 22.1. The van der Waals surface area contributed by atoms with E-state index in [0.717, 1.165) is 75.2 Å². The Morgan fingerprint density at radius 3 is 2.65 bits per heavy atom. The van der Waals surface area contributed by atoms with Gasteiger partial charge in [-0.1, -0.05) is 0 Å². The quantitative estimate of drug-likeness (QED) is 0.592. The Hall–Kier alpha value is -3.21. The number of nitrogens with one attached hydrogen (secondary N) is 1. The lowest BCUT2D eigenvalue weighted by atomic mass is 10.0. The molecule has 1 aromatic rings. The molecule has 0 bridgehead atoms. The molecule has 1 unspecified atom stereocenters. The van der Waals surface area contributed by atoms with Crippen LogP contribution < -0.4 is 10.1 Å². The summed E-state index contributed by atoms with van der Waals surface area (Å²) in [6, 6.07) is 6.30. The molecule has 1 aromatic carbocycles. The fourth-order valence-electron chi connectivity index (χ4n) is 5.44. The first-order valence-corrected chi connectivity index (χ1v) is 13.0. The van der Waals surface area contributed by atoms with Crippen LogP contribution in [0.2, 0.25) is 0 Å². The van der Waals surface area contributed by atoms with Gasteiger partial charge in [0, 0.05) is 32.2 Å². The molecule has 0 saturated carbocycles. The first-order chi connectivity index (χ1) is 17.9. The number of hydrogen-bond acceptors (Lipinski definition) is 8. The number of quaternary nitrogens is 1. The van der Waals surface area contributed by atoms with Gasteiger partial charge in [0.25, 0.3) is 0 Å². The number of fused-ring (bicyclic) bond motifs is 1. The van der Waals surface area contributed by atoms with Crippen LogP contribution in [0.4, 0.5) is 10.5 Å². The lowest BCUT2D eigenvalue weighted by Crippen LogP contribution is -2.49. The third kappa shape index (κ3) is 5.14. The van der Waals surface area contributed by atoms with Crippen molar-refractivity contribution in [3.8, 4) is 5.75 Å². The van der Waals surface area contributed by atoms with Crippen LogP contribution in [0.15, 0.2) is 52.1 Å². The highest BCUT2D eigenvalue weighted by Crippen LogP contribution is 2.37. The number of carbonyl (C=O) groups is 1. The number of morpholine rings is 1. The summed E-state index contributed by atoms with van der Waals surface area (Å²) in [5.74, 6) is 2.41. The average molecular weight is 510 g/mol. The maximum Gasteiger partial charge on any atom is 0.411 e. The maximum absolute atomic E-state index is 12.2. The Balaban J connectivity index is 1.38. The third-order valence-electron chi connectivity index (χ3n) is 7.39. The van der Waals surface area contributed by atoms with Gasteiger partial charge in [0.2, 0.25) is 11.5 Å². The molecule has 4 aliphatic heterocycles. The highest BCUT2D eigenvalue weighted by molar-refractivity contribution is 6.01. The van der Waals surface area contributed by atoms with Gasteiger partial charge < -0.3 is 19.1 Å². The van der Waals surface area contributed by atoms with E-state index in [9.17, 15) is 4.79 Å². The summed E-state index contributed by atoms with van der Waals surface area (Å²) in [6.45, 7) is 9.25. The van der Waals surface area contributed by atoms with Crippen molar-refractivity contribution in [2.24, 2.45) is 9.98 Å². The summed E-state index contributed by atoms with van der Waals surface area (Å²) < 4.78 is 16.8. The van der Waals surface area contributed by atoms with Gasteiger partial charge in [0.15, 0.2) is 5.82 Å². The Kier molecular flexibility index (Phi) is 7.32. The number of amidine groups is 1. The van der Waals surface area contributed by atoms with Crippen molar-refractivity contribution < 1.29 is 23.5 Å².